The van der Waals surface area contributed by atoms with E-state index in [0.29, 0.717) is 17.9 Å². The summed E-state index contributed by atoms with van der Waals surface area (Å²) in [5.41, 5.74) is 3.89. The molecule has 0 aromatic heterocycles. The van der Waals surface area contributed by atoms with E-state index < -0.39 is 11.9 Å². The number of carbonyl (C=O) groups is 2. The van der Waals surface area contributed by atoms with Crippen LogP contribution in [0.4, 0.5) is 0 Å². The summed E-state index contributed by atoms with van der Waals surface area (Å²) < 4.78 is 5.91. The molecule has 0 saturated carbocycles. The fourth-order valence-corrected chi connectivity index (χ4v) is 4.27. The lowest BCUT2D eigenvalue weighted by Gasteiger charge is -2.35. The lowest BCUT2D eigenvalue weighted by molar-refractivity contribution is -0.134. The second-order valence-electron chi connectivity index (χ2n) is 10.3. The molecule has 2 aromatic rings. The van der Waals surface area contributed by atoms with Gasteiger partial charge in [0.15, 0.2) is 11.5 Å². The summed E-state index contributed by atoms with van der Waals surface area (Å²) in [6.07, 6.45) is 5.26. The second kappa shape index (κ2) is 12.3. The van der Waals surface area contributed by atoms with E-state index in [4.69, 9.17) is 14.9 Å². The number of carboxylic acid groups (broad SMARTS) is 2. The number of hydrogen-bond donors (Lipinski definition) is 3. The van der Waals surface area contributed by atoms with Crippen molar-refractivity contribution in [3.63, 3.8) is 0 Å². The molecule has 1 aliphatic heterocycles. The molecule has 0 spiro atoms. The third-order valence-corrected chi connectivity index (χ3v) is 6.55. The number of aliphatic carboxylic acids is 2. The minimum atomic E-state index is -1.26. The van der Waals surface area contributed by atoms with Gasteiger partial charge in [0.1, 0.15) is 5.60 Å². The molecule has 0 fully saturated rings. The number of ether oxygens (including phenoxy) is 1. The first-order valence-corrected chi connectivity index (χ1v) is 13.0. The lowest BCUT2D eigenvalue weighted by Crippen LogP contribution is -2.40. The summed E-state index contributed by atoms with van der Waals surface area (Å²) in [5, 5.41) is 25.7. The molecular formula is C28H37NO6S. The van der Waals surface area contributed by atoms with Crippen molar-refractivity contribution in [2.45, 2.75) is 76.6 Å². The van der Waals surface area contributed by atoms with Crippen molar-refractivity contribution in [3.05, 3.63) is 65.2 Å². The maximum Gasteiger partial charge on any atom is 0.328 e. The fraction of sp³-hybridized carbons (Fsp3) is 0.429. The van der Waals surface area contributed by atoms with Crippen LogP contribution < -0.4 is 4.74 Å². The molecule has 0 bridgehead atoms. The molecule has 36 heavy (non-hydrogen) atoms. The SMILES string of the molecule is CSc1ccc2c(c1)CN(C(C)(C)CCc1ccc(O)c(OC(C)(C)C)c1)C2.O=C(O)/C=C/C(=O)O. The Kier molecular flexibility index (Phi) is 10.0. The quantitative estimate of drug-likeness (QED) is 0.302. The van der Waals surface area contributed by atoms with Gasteiger partial charge in [-0.1, -0.05) is 12.1 Å². The minimum absolute atomic E-state index is 0.0987. The number of aromatic hydroxyl groups is 1. The molecule has 8 heteroatoms. The average Bonchev–Trinajstić information content (AvgIpc) is 3.22. The molecule has 1 aliphatic rings. The zero-order chi connectivity index (χ0) is 27.1. The van der Waals surface area contributed by atoms with Crippen LogP contribution in [0.1, 0.15) is 57.7 Å². The summed E-state index contributed by atoms with van der Waals surface area (Å²) in [5.74, 6) is -1.74. The van der Waals surface area contributed by atoms with Crippen LogP contribution >= 0.6 is 11.8 Å². The predicted octanol–water partition coefficient (Wildman–Crippen LogP) is 5.73. The molecule has 3 rings (SSSR count). The van der Waals surface area contributed by atoms with E-state index in [2.05, 4.69) is 43.2 Å². The van der Waals surface area contributed by atoms with Gasteiger partial charge < -0.3 is 20.1 Å². The second-order valence-corrected chi connectivity index (χ2v) is 11.2. The van der Waals surface area contributed by atoms with Gasteiger partial charge in [0, 0.05) is 35.7 Å². The molecule has 3 N–H and O–H groups in total. The molecule has 0 aliphatic carbocycles. The monoisotopic (exact) mass is 515 g/mol. The number of rotatable bonds is 8. The highest BCUT2D eigenvalue weighted by atomic mass is 32.2. The van der Waals surface area contributed by atoms with E-state index >= 15 is 0 Å². The van der Waals surface area contributed by atoms with Gasteiger partial charge in [-0.05, 0) is 94.7 Å². The molecule has 0 saturated heterocycles. The maximum atomic E-state index is 10.1. The van der Waals surface area contributed by atoms with Crippen molar-refractivity contribution >= 4 is 23.7 Å². The van der Waals surface area contributed by atoms with Crippen LogP contribution in [-0.4, -0.2) is 49.6 Å². The molecular weight excluding hydrogens is 478 g/mol. The predicted molar refractivity (Wildman–Crippen MR) is 143 cm³/mol. The standard InChI is InChI=1S/C24H33NO2S.C4H4O4/c1-23(2,3)27-22-13-17(7-10-21(22)26)11-12-24(4,5)25-15-18-8-9-20(28-6)14-19(18)16-25;5-3(6)1-2-4(7)8/h7-10,13-14,26H,11-12,15-16H2,1-6H3;1-2H,(H,5,6)(H,7,8)/b;2-1+. The number of nitrogens with zero attached hydrogens (tertiary/aromatic N) is 1. The topological polar surface area (TPSA) is 107 Å². The molecule has 0 unspecified atom stereocenters. The molecule has 196 valence electrons. The van der Waals surface area contributed by atoms with Gasteiger partial charge in [-0.25, -0.2) is 9.59 Å². The largest absolute Gasteiger partial charge is 0.504 e. The van der Waals surface area contributed by atoms with Gasteiger partial charge in [0.2, 0.25) is 0 Å². The number of aryl methyl sites for hydroxylation is 1. The van der Waals surface area contributed by atoms with Gasteiger partial charge in [0.25, 0.3) is 0 Å². The fourth-order valence-electron chi connectivity index (χ4n) is 3.80. The Morgan fingerprint density at radius 2 is 1.58 bits per heavy atom. The zero-order valence-corrected chi connectivity index (χ0v) is 22.7. The summed E-state index contributed by atoms with van der Waals surface area (Å²) in [4.78, 5) is 23.0. The maximum absolute atomic E-state index is 10.1. The van der Waals surface area contributed by atoms with Crippen molar-refractivity contribution in [2.75, 3.05) is 6.26 Å². The zero-order valence-electron chi connectivity index (χ0n) is 21.9. The highest BCUT2D eigenvalue weighted by Gasteiger charge is 2.31. The van der Waals surface area contributed by atoms with Crippen LogP contribution in [0.2, 0.25) is 0 Å². The summed E-state index contributed by atoms with van der Waals surface area (Å²) in [6, 6.07) is 12.6. The van der Waals surface area contributed by atoms with Gasteiger partial charge in [-0.3, -0.25) is 4.90 Å². The van der Waals surface area contributed by atoms with E-state index in [9.17, 15) is 14.7 Å². The van der Waals surface area contributed by atoms with Gasteiger partial charge in [-0.2, -0.15) is 0 Å². The number of phenolic OH excluding ortho intramolecular Hbond substituents is 1. The van der Waals surface area contributed by atoms with Gasteiger partial charge in [0.05, 0.1) is 0 Å². The molecule has 2 aromatic carbocycles. The van der Waals surface area contributed by atoms with Crippen LogP contribution in [0.15, 0.2) is 53.4 Å². The van der Waals surface area contributed by atoms with E-state index in [0.717, 1.165) is 25.9 Å². The lowest BCUT2D eigenvalue weighted by atomic mass is 9.93. The number of thioether (sulfide) groups is 1. The smallest absolute Gasteiger partial charge is 0.328 e. The Labute approximate surface area is 217 Å². The number of carboxylic acids is 2. The van der Waals surface area contributed by atoms with Crippen LogP contribution in [-0.2, 0) is 29.1 Å². The molecule has 0 atom stereocenters. The third kappa shape index (κ3) is 9.24. The van der Waals surface area contributed by atoms with E-state index in [1.807, 2.05) is 32.9 Å². The van der Waals surface area contributed by atoms with Crippen molar-refractivity contribution in [3.8, 4) is 11.5 Å². The highest BCUT2D eigenvalue weighted by molar-refractivity contribution is 7.98. The number of fused-ring (bicyclic) bond motifs is 1. The Morgan fingerprint density at radius 3 is 2.14 bits per heavy atom. The molecule has 0 amide bonds. The minimum Gasteiger partial charge on any atom is -0.504 e. The Morgan fingerprint density at radius 1 is 0.972 bits per heavy atom. The van der Waals surface area contributed by atoms with Crippen LogP contribution in [0.5, 0.6) is 11.5 Å². The summed E-state index contributed by atoms with van der Waals surface area (Å²) in [6.45, 7) is 12.7. The van der Waals surface area contributed by atoms with Gasteiger partial charge in [-0.15, -0.1) is 11.8 Å². The Bertz CT molecular complexity index is 1090. The molecule has 7 nitrogen and oxygen atoms in total. The Hall–Kier alpha value is -2.97. The highest BCUT2D eigenvalue weighted by Crippen LogP contribution is 2.35. The first-order valence-electron chi connectivity index (χ1n) is 11.8. The summed E-state index contributed by atoms with van der Waals surface area (Å²) in [7, 11) is 0. The third-order valence-electron chi connectivity index (χ3n) is 5.83. The average molecular weight is 516 g/mol. The van der Waals surface area contributed by atoms with E-state index in [-0.39, 0.29) is 16.9 Å². The van der Waals surface area contributed by atoms with E-state index in [1.165, 1.54) is 21.6 Å². The Balaban J connectivity index is 0.000000493. The van der Waals surface area contributed by atoms with Crippen molar-refractivity contribution in [2.24, 2.45) is 0 Å². The van der Waals surface area contributed by atoms with Crippen LogP contribution in [0.25, 0.3) is 0 Å². The number of benzene rings is 2. The van der Waals surface area contributed by atoms with Crippen molar-refractivity contribution in [1.82, 2.24) is 4.90 Å². The van der Waals surface area contributed by atoms with Crippen molar-refractivity contribution in [1.29, 1.82) is 0 Å². The first-order chi connectivity index (χ1) is 16.7. The number of hydrogen-bond acceptors (Lipinski definition) is 6. The summed E-state index contributed by atoms with van der Waals surface area (Å²) >= 11 is 1.81. The van der Waals surface area contributed by atoms with Crippen molar-refractivity contribution < 1.29 is 29.6 Å². The van der Waals surface area contributed by atoms with Gasteiger partial charge >= 0.3 is 11.9 Å². The molecule has 0 radical (unpaired) electrons. The van der Waals surface area contributed by atoms with Crippen LogP contribution in [0.3, 0.4) is 0 Å². The normalized spacial score (nSPS) is 13.7. The van der Waals surface area contributed by atoms with E-state index in [1.54, 1.807) is 17.8 Å². The van der Waals surface area contributed by atoms with Crippen LogP contribution in [0, 0.1) is 0 Å². The number of phenols is 1. The molecule has 1 heterocycles. The first kappa shape index (κ1) is 29.3.